The summed E-state index contributed by atoms with van der Waals surface area (Å²) in [6.45, 7) is 5.73. The molecule has 0 bridgehead atoms. The molecule has 0 atom stereocenters. The average Bonchev–Trinajstić information content (AvgIpc) is 3.08. The maximum absolute atomic E-state index is 12.5. The van der Waals surface area contributed by atoms with E-state index in [-0.39, 0.29) is 22.9 Å². The van der Waals surface area contributed by atoms with Crippen molar-refractivity contribution in [2.75, 3.05) is 18.0 Å². The average molecular weight is 416 g/mol. The third-order valence-electron chi connectivity index (χ3n) is 4.46. The smallest absolute Gasteiger partial charge is 0.251 e. The van der Waals surface area contributed by atoms with Crippen molar-refractivity contribution in [2.45, 2.75) is 37.6 Å². The van der Waals surface area contributed by atoms with Crippen molar-refractivity contribution in [1.82, 2.24) is 10.0 Å². The first-order valence-electron chi connectivity index (χ1n) is 9.37. The van der Waals surface area contributed by atoms with E-state index in [1.165, 1.54) is 24.3 Å². The van der Waals surface area contributed by atoms with Gasteiger partial charge in [0.05, 0.1) is 11.4 Å². The van der Waals surface area contributed by atoms with E-state index in [0.29, 0.717) is 6.54 Å². The molecule has 7 nitrogen and oxygen atoms in total. The Kier molecular flexibility index (Phi) is 5.77. The molecule has 154 valence electrons. The Balaban J connectivity index is 1.61. The predicted octanol–water partition coefficient (Wildman–Crippen LogP) is 2.08. The Morgan fingerprint density at radius 2 is 1.69 bits per heavy atom. The second-order valence-corrected chi connectivity index (χ2v) is 9.67. The Hall–Kier alpha value is -2.71. The van der Waals surface area contributed by atoms with Crippen LogP contribution in [0.5, 0.6) is 0 Å². The van der Waals surface area contributed by atoms with Gasteiger partial charge in [0.2, 0.25) is 15.9 Å². The van der Waals surface area contributed by atoms with Crippen LogP contribution in [0.25, 0.3) is 0 Å². The van der Waals surface area contributed by atoms with E-state index >= 15 is 0 Å². The summed E-state index contributed by atoms with van der Waals surface area (Å²) in [6.07, 6.45) is 0.800. The van der Waals surface area contributed by atoms with Gasteiger partial charge in [0.1, 0.15) is 0 Å². The predicted molar refractivity (Wildman–Crippen MR) is 111 cm³/mol. The zero-order valence-electron chi connectivity index (χ0n) is 16.7. The van der Waals surface area contributed by atoms with E-state index in [0.717, 1.165) is 17.7 Å². The van der Waals surface area contributed by atoms with Crippen LogP contribution in [0.1, 0.15) is 36.7 Å². The standard InChI is InChI=1S/C21H25N3O4S/c1-21(2,3)23-29(27,28)17-10-8-16(9-11-17)20(26)22-14-19(25)24-13-12-15-6-4-5-7-18(15)24/h4-11,23H,12-14H2,1-3H3,(H,22,26). The first-order chi connectivity index (χ1) is 13.6. The summed E-state index contributed by atoms with van der Waals surface area (Å²) in [5.41, 5.74) is 1.68. The molecule has 2 aromatic rings. The first kappa shape index (κ1) is 21.0. The van der Waals surface area contributed by atoms with Crippen LogP contribution < -0.4 is 14.9 Å². The molecule has 0 saturated carbocycles. The van der Waals surface area contributed by atoms with Crippen molar-refractivity contribution < 1.29 is 18.0 Å². The number of benzene rings is 2. The molecule has 1 aliphatic rings. The lowest BCUT2D eigenvalue weighted by atomic mass is 10.1. The summed E-state index contributed by atoms with van der Waals surface area (Å²) in [4.78, 5) is 26.6. The zero-order chi connectivity index (χ0) is 21.2. The molecular formula is C21H25N3O4S. The van der Waals surface area contributed by atoms with E-state index in [4.69, 9.17) is 0 Å². The van der Waals surface area contributed by atoms with Crippen molar-refractivity contribution in [1.29, 1.82) is 0 Å². The van der Waals surface area contributed by atoms with Crippen LogP contribution in [-0.4, -0.2) is 38.9 Å². The number of carbonyl (C=O) groups is 2. The van der Waals surface area contributed by atoms with E-state index in [1.54, 1.807) is 25.7 Å². The van der Waals surface area contributed by atoms with Crippen LogP contribution in [0, 0.1) is 0 Å². The van der Waals surface area contributed by atoms with E-state index in [2.05, 4.69) is 10.0 Å². The van der Waals surface area contributed by atoms with Gasteiger partial charge in [-0.1, -0.05) is 18.2 Å². The second kappa shape index (κ2) is 7.96. The highest BCUT2D eigenvalue weighted by Gasteiger charge is 2.25. The van der Waals surface area contributed by atoms with Crippen LogP contribution in [0.4, 0.5) is 5.69 Å². The van der Waals surface area contributed by atoms with Crippen molar-refractivity contribution in [3.63, 3.8) is 0 Å². The van der Waals surface area contributed by atoms with E-state index in [9.17, 15) is 18.0 Å². The monoisotopic (exact) mass is 415 g/mol. The molecule has 0 aliphatic carbocycles. The minimum atomic E-state index is -3.67. The summed E-state index contributed by atoms with van der Waals surface area (Å²) in [5, 5.41) is 2.61. The van der Waals surface area contributed by atoms with Gasteiger partial charge in [0, 0.05) is 23.3 Å². The number of rotatable bonds is 5. The lowest BCUT2D eigenvalue weighted by Gasteiger charge is -2.20. The molecule has 0 fully saturated rings. The normalized spacial score (nSPS) is 13.8. The van der Waals surface area contributed by atoms with Crippen LogP contribution in [-0.2, 0) is 21.2 Å². The quantitative estimate of drug-likeness (QED) is 0.782. The third kappa shape index (κ3) is 5.02. The zero-order valence-corrected chi connectivity index (χ0v) is 17.5. The fourth-order valence-electron chi connectivity index (χ4n) is 3.20. The number of fused-ring (bicyclic) bond motifs is 1. The lowest BCUT2D eigenvalue weighted by molar-refractivity contribution is -0.117. The molecule has 0 aromatic heterocycles. The molecule has 1 heterocycles. The summed E-state index contributed by atoms with van der Waals surface area (Å²) in [7, 11) is -3.67. The maximum Gasteiger partial charge on any atom is 0.251 e. The largest absolute Gasteiger partial charge is 0.343 e. The Morgan fingerprint density at radius 1 is 1.03 bits per heavy atom. The number of para-hydroxylation sites is 1. The van der Waals surface area contributed by atoms with Crippen molar-refractivity contribution in [2.24, 2.45) is 0 Å². The number of anilines is 1. The summed E-state index contributed by atoms with van der Waals surface area (Å²) < 4.78 is 27.2. The lowest BCUT2D eigenvalue weighted by Crippen LogP contribution is -2.40. The maximum atomic E-state index is 12.5. The highest BCUT2D eigenvalue weighted by Crippen LogP contribution is 2.27. The van der Waals surface area contributed by atoms with Crippen LogP contribution in [0.3, 0.4) is 0 Å². The first-order valence-corrected chi connectivity index (χ1v) is 10.9. The molecule has 8 heteroatoms. The summed E-state index contributed by atoms with van der Waals surface area (Å²) in [6, 6.07) is 13.3. The van der Waals surface area contributed by atoms with Gasteiger partial charge in [-0.2, -0.15) is 0 Å². The van der Waals surface area contributed by atoms with Gasteiger partial charge in [0.15, 0.2) is 0 Å². The number of nitrogens with one attached hydrogen (secondary N) is 2. The minimum absolute atomic E-state index is 0.0775. The molecule has 3 rings (SSSR count). The molecular weight excluding hydrogens is 390 g/mol. The molecule has 0 radical (unpaired) electrons. The molecule has 2 N–H and O–H groups in total. The van der Waals surface area contributed by atoms with Crippen LogP contribution in [0.15, 0.2) is 53.4 Å². The van der Waals surface area contributed by atoms with E-state index in [1.807, 2.05) is 24.3 Å². The number of amides is 2. The van der Waals surface area contributed by atoms with Gasteiger partial charge in [0.25, 0.3) is 5.91 Å². The molecule has 0 unspecified atom stereocenters. The molecule has 0 spiro atoms. The van der Waals surface area contributed by atoms with Crippen LogP contribution >= 0.6 is 0 Å². The van der Waals surface area contributed by atoms with Gasteiger partial charge < -0.3 is 10.2 Å². The summed E-state index contributed by atoms with van der Waals surface area (Å²) >= 11 is 0. The van der Waals surface area contributed by atoms with Gasteiger partial charge in [-0.05, 0) is 63.1 Å². The Labute approximate surface area is 171 Å². The molecule has 29 heavy (non-hydrogen) atoms. The SMILES string of the molecule is CC(C)(C)NS(=O)(=O)c1ccc(C(=O)NCC(=O)N2CCc3ccccc32)cc1. The molecule has 2 aromatic carbocycles. The van der Waals surface area contributed by atoms with Crippen molar-refractivity contribution in [3.8, 4) is 0 Å². The third-order valence-corrected chi connectivity index (χ3v) is 6.23. The van der Waals surface area contributed by atoms with Gasteiger partial charge in [-0.25, -0.2) is 13.1 Å². The molecule has 2 amide bonds. The van der Waals surface area contributed by atoms with Gasteiger partial charge in [-0.3, -0.25) is 9.59 Å². The van der Waals surface area contributed by atoms with Gasteiger partial charge >= 0.3 is 0 Å². The summed E-state index contributed by atoms with van der Waals surface area (Å²) in [5.74, 6) is -0.615. The topological polar surface area (TPSA) is 95.6 Å². The molecule has 1 aliphatic heterocycles. The fraction of sp³-hybridized carbons (Fsp3) is 0.333. The number of hydrogen-bond acceptors (Lipinski definition) is 4. The fourth-order valence-corrected chi connectivity index (χ4v) is 4.62. The highest BCUT2D eigenvalue weighted by molar-refractivity contribution is 7.89. The van der Waals surface area contributed by atoms with E-state index < -0.39 is 21.5 Å². The van der Waals surface area contributed by atoms with Crippen molar-refractivity contribution in [3.05, 3.63) is 59.7 Å². The van der Waals surface area contributed by atoms with Gasteiger partial charge in [-0.15, -0.1) is 0 Å². The Bertz CT molecular complexity index is 1020. The number of nitrogens with zero attached hydrogens (tertiary/aromatic N) is 1. The highest BCUT2D eigenvalue weighted by atomic mass is 32.2. The number of sulfonamides is 1. The second-order valence-electron chi connectivity index (χ2n) is 7.99. The minimum Gasteiger partial charge on any atom is -0.343 e. The van der Waals surface area contributed by atoms with Crippen LogP contribution in [0.2, 0.25) is 0 Å². The number of hydrogen-bond donors (Lipinski definition) is 2. The van der Waals surface area contributed by atoms with Crippen molar-refractivity contribution >= 4 is 27.5 Å². The number of carbonyl (C=O) groups excluding carboxylic acids is 2. The molecule has 0 saturated heterocycles. The Morgan fingerprint density at radius 3 is 2.34 bits per heavy atom.